The van der Waals surface area contributed by atoms with Crippen LogP contribution in [-0.2, 0) is 11.3 Å². The van der Waals surface area contributed by atoms with Gasteiger partial charge in [0.25, 0.3) is 0 Å². The van der Waals surface area contributed by atoms with E-state index in [-0.39, 0.29) is 12.3 Å². The Morgan fingerprint density at radius 2 is 2.13 bits per heavy atom. The summed E-state index contributed by atoms with van der Waals surface area (Å²) < 4.78 is 1.55. The van der Waals surface area contributed by atoms with Crippen LogP contribution in [0.25, 0.3) is 11.3 Å². The number of carbonyl (C=O) groups is 1. The fourth-order valence-corrected chi connectivity index (χ4v) is 2.24. The lowest BCUT2D eigenvalue weighted by Gasteiger charge is -2.17. The molecule has 0 amide bonds. The number of hydrogen-bond donors (Lipinski definition) is 0. The molecule has 122 valence electrons. The van der Waals surface area contributed by atoms with E-state index in [1.165, 1.54) is 6.92 Å². The number of amidine groups is 1. The van der Waals surface area contributed by atoms with Crippen LogP contribution in [0.5, 0.6) is 0 Å². The van der Waals surface area contributed by atoms with E-state index in [2.05, 4.69) is 27.1 Å². The van der Waals surface area contributed by atoms with Gasteiger partial charge in [-0.2, -0.15) is 0 Å². The van der Waals surface area contributed by atoms with Crippen molar-refractivity contribution in [1.29, 1.82) is 0 Å². The smallest absolute Gasteiger partial charge is 0.151 e. The SMILES string of the molecule is CCCN(C)C(C)=Nc1cccc(-c2cn(CC(C)=O)nn2)c1. The van der Waals surface area contributed by atoms with Gasteiger partial charge >= 0.3 is 0 Å². The molecule has 0 unspecified atom stereocenters. The van der Waals surface area contributed by atoms with Crippen LogP contribution < -0.4 is 0 Å². The number of aromatic nitrogens is 3. The van der Waals surface area contributed by atoms with Crippen molar-refractivity contribution in [3.63, 3.8) is 0 Å². The fourth-order valence-electron chi connectivity index (χ4n) is 2.24. The molecule has 1 aromatic heterocycles. The molecule has 0 N–H and O–H groups in total. The maximum atomic E-state index is 11.1. The third kappa shape index (κ3) is 4.74. The lowest BCUT2D eigenvalue weighted by Crippen LogP contribution is -2.24. The van der Waals surface area contributed by atoms with Gasteiger partial charge in [0.1, 0.15) is 18.1 Å². The Labute approximate surface area is 136 Å². The van der Waals surface area contributed by atoms with Crippen LogP contribution in [0, 0.1) is 0 Å². The zero-order valence-corrected chi connectivity index (χ0v) is 14.2. The van der Waals surface area contributed by atoms with Crippen LogP contribution in [0.1, 0.15) is 27.2 Å². The van der Waals surface area contributed by atoms with Gasteiger partial charge in [-0.3, -0.25) is 4.79 Å². The molecule has 0 saturated heterocycles. The average Bonchev–Trinajstić information content (AvgIpc) is 2.95. The first-order chi connectivity index (χ1) is 11.0. The van der Waals surface area contributed by atoms with Crippen LogP contribution in [-0.4, -0.2) is 45.1 Å². The molecule has 2 rings (SSSR count). The summed E-state index contributed by atoms with van der Waals surface area (Å²) in [5.41, 5.74) is 2.55. The summed E-state index contributed by atoms with van der Waals surface area (Å²) >= 11 is 0. The van der Waals surface area contributed by atoms with Crippen LogP contribution in [0.4, 0.5) is 5.69 Å². The fraction of sp³-hybridized carbons (Fsp3) is 0.412. The van der Waals surface area contributed by atoms with Crippen molar-refractivity contribution in [3.8, 4) is 11.3 Å². The van der Waals surface area contributed by atoms with Gasteiger partial charge in [0.15, 0.2) is 5.78 Å². The topological polar surface area (TPSA) is 63.4 Å². The van der Waals surface area contributed by atoms with E-state index in [0.29, 0.717) is 0 Å². The first-order valence-corrected chi connectivity index (χ1v) is 7.76. The van der Waals surface area contributed by atoms with Crippen molar-refractivity contribution < 1.29 is 4.79 Å². The number of rotatable bonds is 6. The Bertz CT molecular complexity index is 705. The number of nitrogens with zero attached hydrogens (tertiary/aromatic N) is 5. The van der Waals surface area contributed by atoms with E-state index < -0.39 is 0 Å². The first kappa shape index (κ1) is 16.9. The van der Waals surface area contributed by atoms with Gasteiger partial charge in [-0.05, 0) is 32.4 Å². The molecule has 6 nitrogen and oxygen atoms in total. The number of ketones is 1. The molecule has 0 fully saturated rings. The van der Waals surface area contributed by atoms with Gasteiger partial charge in [-0.25, -0.2) is 9.67 Å². The molecule has 0 bridgehead atoms. The molecule has 0 saturated carbocycles. The highest BCUT2D eigenvalue weighted by Gasteiger charge is 2.06. The molecule has 2 aromatic rings. The molecule has 0 atom stereocenters. The van der Waals surface area contributed by atoms with E-state index in [1.807, 2.05) is 38.2 Å². The number of Topliss-reactive ketones (excluding diaryl/α,β-unsaturated/α-hetero) is 1. The van der Waals surface area contributed by atoms with Gasteiger partial charge in [0.05, 0.1) is 11.9 Å². The second kappa shape index (κ2) is 7.67. The minimum Gasteiger partial charge on any atom is -0.363 e. The van der Waals surface area contributed by atoms with Crippen molar-refractivity contribution in [2.75, 3.05) is 13.6 Å². The molecule has 0 aliphatic rings. The van der Waals surface area contributed by atoms with Crippen LogP contribution in [0.15, 0.2) is 35.5 Å². The van der Waals surface area contributed by atoms with Crippen molar-refractivity contribution in [1.82, 2.24) is 19.9 Å². The highest BCUT2D eigenvalue weighted by Crippen LogP contribution is 2.22. The summed E-state index contributed by atoms with van der Waals surface area (Å²) in [6.07, 6.45) is 2.86. The minimum absolute atomic E-state index is 0.0504. The second-order valence-corrected chi connectivity index (χ2v) is 5.63. The molecule has 0 radical (unpaired) electrons. The maximum Gasteiger partial charge on any atom is 0.151 e. The number of benzene rings is 1. The normalized spacial score (nSPS) is 11.6. The lowest BCUT2D eigenvalue weighted by molar-refractivity contribution is -0.117. The molecular formula is C17H23N5O. The van der Waals surface area contributed by atoms with Gasteiger partial charge in [0.2, 0.25) is 0 Å². The Morgan fingerprint density at radius 3 is 2.83 bits per heavy atom. The van der Waals surface area contributed by atoms with Gasteiger partial charge in [0, 0.05) is 19.2 Å². The van der Waals surface area contributed by atoms with E-state index in [0.717, 1.165) is 35.7 Å². The van der Waals surface area contributed by atoms with Gasteiger partial charge in [-0.1, -0.05) is 24.3 Å². The summed E-state index contributed by atoms with van der Waals surface area (Å²) in [5, 5.41) is 8.10. The second-order valence-electron chi connectivity index (χ2n) is 5.63. The molecule has 0 spiro atoms. The molecule has 1 aromatic carbocycles. The summed E-state index contributed by atoms with van der Waals surface area (Å²) in [6, 6.07) is 7.86. The first-order valence-electron chi connectivity index (χ1n) is 7.76. The van der Waals surface area contributed by atoms with Crippen molar-refractivity contribution >= 4 is 17.3 Å². The van der Waals surface area contributed by atoms with Crippen LogP contribution in [0.2, 0.25) is 0 Å². The van der Waals surface area contributed by atoms with E-state index >= 15 is 0 Å². The summed E-state index contributed by atoms with van der Waals surface area (Å²) in [7, 11) is 2.04. The van der Waals surface area contributed by atoms with Crippen molar-refractivity contribution in [3.05, 3.63) is 30.5 Å². The number of carbonyl (C=O) groups excluding carboxylic acids is 1. The molecule has 1 heterocycles. The number of aliphatic imine (C=N–C) groups is 1. The Morgan fingerprint density at radius 1 is 1.35 bits per heavy atom. The van der Waals surface area contributed by atoms with Crippen molar-refractivity contribution in [2.24, 2.45) is 4.99 Å². The quantitative estimate of drug-likeness (QED) is 0.607. The Hall–Kier alpha value is -2.50. The predicted octanol–water partition coefficient (Wildman–Crippen LogP) is 2.93. The highest BCUT2D eigenvalue weighted by molar-refractivity contribution is 5.82. The van der Waals surface area contributed by atoms with Crippen LogP contribution >= 0.6 is 0 Å². The average molecular weight is 313 g/mol. The standard InChI is InChI=1S/C17H23N5O/c1-5-9-21(4)14(3)18-16-8-6-7-15(10-16)17-12-22(20-19-17)11-13(2)23/h6-8,10,12H,5,9,11H2,1-4H3. The number of hydrogen-bond acceptors (Lipinski definition) is 4. The van der Waals surface area contributed by atoms with E-state index in [9.17, 15) is 4.79 Å². The molecular weight excluding hydrogens is 290 g/mol. The third-order valence-electron chi connectivity index (χ3n) is 3.47. The Balaban J connectivity index is 2.21. The zero-order chi connectivity index (χ0) is 16.8. The molecule has 0 aliphatic carbocycles. The monoisotopic (exact) mass is 313 g/mol. The van der Waals surface area contributed by atoms with E-state index in [1.54, 1.807) is 10.9 Å². The molecule has 23 heavy (non-hydrogen) atoms. The summed E-state index contributed by atoms with van der Waals surface area (Å²) in [6.45, 7) is 6.91. The molecule has 0 aliphatic heterocycles. The largest absolute Gasteiger partial charge is 0.363 e. The van der Waals surface area contributed by atoms with E-state index in [4.69, 9.17) is 0 Å². The Kier molecular flexibility index (Phi) is 5.62. The maximum absolute atomic E-state index is 11.1. The van der Waals surface area contributed by atoms with Gasteiger partial charge in [-0.15, -0.1) is 5.10 Å². The van der Waals surface area contributed by atoms with Crippen LogP contribution in [0.3, 0.4) is 0 Å². The van der Waals surface area contributed by atoms with Crippen molar-refractivity contribution in [2.45, 2.75) is 33.7 Å². The van der Waals surface area contributed by atoms with Gasteiger partial charge < -0.3 is 4.90 Å². The summed E-state index contributed by atoms with van der Waals surface area (Å²) in [5.74, 6) is 1.03. The minimum atomic E-state index is 0.0504. The lowest BCUT2D eigenvalue weighted by atomic mass is 10.1. The summed E-state index contributed by atoms with van der Waals surface area (Å²) in [4.78, 5) is 17.9. The predicted molar refractivity (Wildman–Crippen MR) is 91.8 cm³/mol. The zero-order valence-electron chi connectivity index (χ0n) is 14.2. The molecule has 6 heteroatoms. The highest BCUT2D eigenvalue weighted by atomic mass is 16.1. The third-order valence-corrected chi connectivity index (χ3v) is 3.47.